The molecule has 2 aromatic rings. The summed E-state index contributed by atoms with van der Waals surface area (Å²) in [5.74, 6) is 0.637. The van der Waals surface area contributed by atoms with E-state index in [0.717, 1.165) is 24.2 Å². The SMILES string of the molecule is Cc1ccccc1O[C@H](C)C(=O)Nc1ccc(N2CCCC2=O)cc1. The zero-order valence-corrected chi connectivity index (χ0v) is 14.5. The van der Waals surface area contributed by atoms with E-state index < -0.39 is 6.10 Å². The van der Waals surface area contributed by atoms with Crippen LogP contribution in [0.3, 0.4) is 0 Å². The van der Waals surface area contributed by atoms with Crippen LogP contribution in [0.4, 0.5) is 11.4 Å². The van der Waals surface area contributed by atoms with Gasteiger partial charge in [-0.2, -0.15) is 0 Å². The van der Waals surface area contributed by atoms with Gasteiger partial charge in [0.1, 0.15) is 5.75 Å². The number of amides is 2. The molecule has 25 heavy (non-hydrogen) atoms. The maximum Gasteiger partial charge on any atom is 0.265 e. The molecular formula is C20H22N2O3. The van der Waals surface area contributed by atoms with Crippen molar-refractivity contribution in [3.05, 3.63) is 54.1 Å². The zero-order chi connectivity index (χ0) is 17.8. The Morgan fingerprint density at radius 2 is 1.88 bits per heavy atom. The molecule has 5 heteroatoms. The van der Waals surface area contributed by atoms with Gasteiger partial charge in [-0.1, -0.05) is 18.2 Å². The predicted molar refractivity (Wildman–Crippen MR) is 97.9 cm³/mol. The van der Waals surface area contributed by atoms with E-state index in [1.165, 1.54) is 0 Å². The quantitative estimate of drug-likeness (QED) is 0.907. The second-order valence-electron chi connectivity index (χ2n) is 6.21. The van der Waals surface area contributed by atoms with E-state index in [2.05, 4.69) is 5.32 Å². The molecule has 1 atom stereocenters. The summed E-state index contributed by atoms with van der Waals surface area (Å²) in [5, 5.41) is 2.84. The number of benzene rings is 2. The average Bonchev–Trinajstić information content (AvgIpc) is 3.03. The molecule has 2 amide bonds. The Labute approximate surface area is 147 Å². The second-order valence-corrected chi connectivity index (χ2v) is 6.21. The molecule has 130 valence electrons. The first-order chi connectivity index (χ1) is 12.0. The van der Waals surface area contributed by atoms with Gasteiger partial charge in [-0.05, 0) is 56.2 Å². The van der Waals surface area contributed by atoms with E-state index in [4.69, 9.17) is 4.74 Å². The van der Waals surface area contributed by atoms with E-state index in [9.17, 15) is 9.59 Å². The molecule has 1 fully saturated rings. The highest BCUT2D eigenvalue weighted by molar-refractivity contribution is 5.96. The van der Waals surface area contributed by atoms with Crippen molar-refractivity contribution in [1.29, 1.82) is 0 Å². The molecule has 1 heterocycles. The summed E-state index contributed by atoms with van der Waals surface area (Å²) in [6, 6.07) is 14.9. The van der Waals surface area contributed by atoms with Crippen molar-refractivity contribution in [2.75, 3.05) is 16.8 Å². The number of hydrogen-bond acceptors (Lipinski definition) is 3. The van der Waals surface area contributed by atoms with Crippen LogP contribution in [0.5, 0.6) is 5.75 Å². The Balaban J connectivity index is 1.60. The van der Waals surface area contributed by atoms with Gasteiger partial charge < -0.3 is 15.0 Å². The van der Waals surface area contributed by atoms with Crippen molar-refractivity contribution >= 4 is 23.2 Å². The first-order valence-electron chi connectivity index (χ1n) is 8.48. The van der Waals surface area contributed by atoms with Crippen LogP contribution in [-0.2, 0) is 9.59 Å². The summed E-state index contributed by atoms with van der Waals surface area (Å²) >= 11 is 0. The minimum Gasteiger partial charge on any atom is -0.481 e. The van der Waals surface area contributed by atoms with E-state index in [1.807, 2.05) is 43.3 Å². The summed E-state index contributed by atoms with van der Waals surface area (Å²) in [6.45, 7) is 4.42. The van der Waals surface area contributed by atoms with E-state index in [0.29, 0.717) is 17.9 Å². The highest BCUT2D eigenvalue weighted by atomic mass is 16.5. The van der Waals surface area contributed by atoms with Gasteiger partial charge >= 0.3 is 0 Å². The van der Waals surface area contributed by atoms with Crippen LogP contribution >= 0.6 is 0 Å². The molecule has 1 aliphatic heterocycles. The lowest BCUT2D eigenvalue weighted by Gasteiger charge is -2.18. The second kappa shape index (κ2) is 7.38. The molecule has 0 aliphatic carbocycles. The molecule has 0 radical (unpaired) electrons. The first kappa shape index (κ1) is 17.0. The Morgan fingerprint density at radius 3 is 2.52 bits per heavy atom. The van der Waals surface area contributed by atoms with Gasteiger partial charge in [0.25, 0.3) is 5.91 Å². The maximum absolute atomic E-state index is 12.3. The van der Waals surface area contributed by atoms with Gasteiger partial charge in [0, 0.05) is 24.3 Å². The van der Waals surface area contributed by atoms with Crippen molar-refractivity contribution in [2.45, 2.75) is 32.8 Å². The number of ether oxygens (including phenoxy) is 1. The van der Waals surface area contributed by atoms with Crippen molar-refractivity contribution in [1.82, 2.24) is 0 Å². The van der Waals surface area contributed by atoms with Crippen LogP contribution in [0.15, 0.2) is 48.5 Å². The lowest BCUT2D eigenvalue weighted by atomic mass is 10.2. The topological polar surface area (TPSA) is 58.6 Å². The summed E-state index contributed by atoms with van der Waals surface area (Å²) in [7, 11) is 0. The molecule has 1 N–H and O–H groups in total. The van der Waals surface area contributed by atoms with E-state index in [1.54, 1.807) is 24.0 Å². The van der Waals surface area contributed by atoms with Crippen molar-refractivity contribution in [2.24, 2.45) is 0 Å². The Kier molecular flexibility index (Phi) is 5.03. The van der Waals surface area contributed by atoms with Crippen LogP contribution in [-0.4, -0.2) is 24.5 Å². The monoisotopic (exact) mass is 338 g/mol. The van der Waals surface area contributed by atoms with Gasteiger partial charge in [0.15, 0.2) is 6.10 Å². The van der Waals surface area contributed by atoms with Crippen LogP contribution in [0.2, 0.25) is 0 Å². The number of rotatable bonds is 5. The molecule has 5 nitrogen and oxygen atoms in total. The molecule has 0 unspecified atom stereocenters. The van der Waals surface area contributed by atoms with Crippen LogP contribution in [0.25, 0.3) is 0 Å². The molecule has 0 spiro atoms. The van der Waals surface area contributed by atoms with Crippen molar-refractivity contribution in [3.8, 4) is 5.75 Å². The number of carbonyl (C=O) groups excluding carboxylic acids is 2. The molecule has 0 saturated carbocycles. The summed E-state index contributed by atoms with van der Waals surface area (Å²) in [4.78, 5) is 25.9. The molecule has 1 saturated heterocycles. The lowest BCUT2D eigenvalue weighted by molar-refractivity contribution is -0.122. The molecule has 0 aromatic heterocycles. The zero-order valence-electron chi connectivity index (χ0n) is 14.5. The molecule has 0 bridgehead atoms. The predicted octanol–water partition coefficient (Wildman–Crippen LogP) is 3.53. The third-order valence-corrected chi connectivity index (χ3v) is 4.29. The number of aryl methyl sites for hydroxylation is 1. The number of para-hydroxylation sites is 1. The Morgan fingerprint density at radius 1 is 1.16 bits per heavy atom. The fraction of sp³-hybridized carbons (Fsp3) is 0.300. The smallest absolute Gasteiger partial charge is 0.265 e. The third kappa shape index (κ3) is 3.99. The summed E-state index contributed by atoms with van der Waals surface area (Å²) in [6.07, 6.45) is 0.887. The van der Waals surface area contributed by atoms with Crippen LogP contribution in [0.1, 0.15) is 25.3 Å². The molecule has 3 rings (SSSR count). The third-order valence-electron chi connectivity index (χ3n) is 4.29. The standard InChI is InChI=1S/C20H22N2O3/c1-14-6-3-4-7-18(14)25-15(2)20(24)21-16-9-11-17(12-10-16)22-13-5-8-19(22)23/h3-4,6-7,9-12,15H,5,8,13H2,1-2H3,(H,21,24)/t15-/m1/s1. The van der Waals surface area contributed by atoms with Gasteiger partial charge in [-0.3, -0.25) is 9.59 Å². The highest BCUT2D eigenvalue weighted by Gasteiger charge is 2.21. The van der Waals surface area contributed by atoms with Gasteiger partial charge in [0.2, 0.25) is 5.91 Å². The van der Waals surface area contributed by atoms with Crippen LogP contribution in [0, 0.1) is 6.92 Å². The number of hydrogen-bond donors (Lipinski definition) is 1. The minimum absolute atomic E-state index is 0.150. The fourth-order valence-corrected chi connectivity index (χ4v) is 2.82. The van der Waals surface area contributed by atoms with Gasteiger partial charge in [0.05, 0.1) is 0 Å². The first-order valence-corrected chi connectivity index (χ1v) is 8.48. The number of carbonyl (C=O) groups is 2. The van der Waals surface area contributed by atoms with Crippen molar-refractivity contribution in [3.63, 3.8) is 0 Å². The summed E-state index contributed by atoms with van der Waals surface area (Å²) < 4.78 is 5.73. The van der Waals surface area contributed by atoms with Gasteiger partial charge in [-0.15, -0.1) is 0 Å². The van der Waals surface area contributed by atoms with Crippen molar-refractivity contribution < 1.29 is 14.3 Å². The fourth-order valence-electron chi connectivity index (χ4n) is 2.82. The molecule has 2 aromatic carbocycles. The van der Waals surface area contributed by atoms with E-state index in [-0.39, 0.29) is 11.8 Å². The number of nitrogens with one attached hydrogen (secondary N) is 1. The van der Waals surface area contributed by atoms with Crippen LogP contribution < -0.4 is 15.0 Å². The highest BCUT2D eigenvalue weighted by Crippen LogP contribution is 2.23. The summed E-state index contributed by atoms with van der Waals surface area (Å²) in [5.41, 5.74) is 2.53. The average molecular weight is 338 g/mol. The number of nitrogens with zero attached hydrogens (tertiary/aromatic N) is 1. The van der Waals surface area contributed by atoms with E-state index >= 15 is 0 Å². The normalized spacial score (nSPS) is 15.1. The maximum atomic E-state index is 12.3. The number of anilines is 2. The lowest BCUT2D eigenvalue weighted by Crippen LogP contribution is -2.30. The molecule has 1 aliphatic rings. The Bertz CT molecular complexity index is 771. The largest absolute Gasteiger partial charge is 0.481 e. The molecular weight excluding hydrogens is 316 g/mol. The minimum atomic E-state index is -0.610. The van der Waals surface area contributed by atoms with Gasteiger partial charge in [-0.25, -0.2) is 0 Å². The Hall–Kier alpha value is -2.82.